The summed E-state index contributed by atoms with van der Waals surface area (Å²) in [5, 5.41) is 0. The second-order valence-electron chi connectivity index (χ2n) is 4.10. The summed E-state index contributed by atoms with van der Waals surface area (Å²) in [6, 6.07) is 6.00. The number of imidazole rings is 1. The summed E-state index contributed by atoms with van der Waals surface area (Å²) in [6.45, 7) is 2.09. The number of rotatable bonds is 4. The zero-order valence-electron chi connectivity index (χ0n) is 10.8. The van der Waals surface area contributed by atoms with Gasteiger partial charge in [-0.3, -0.25) is 4.79 Å². The Balaban J connectivity index is 2.67. The molecule has 0 spiro atoms. The molecular weight excluding hydrogens is 228 g/mol. The van der Waals surface area contributed by atoms with Gasteiger partial charge in [-0.1, -0.05) is 13.0 Å². The number of hydrogen-bond donors (Lipinski definition) is 0. The topological polar surface area (TPSA) is 44.1 Å². The molecule has 0 aliphatic heterocycles. The molecule has 2 rings (SSSR count). The molecule has 0 aliphatic carbocycles. The molecule has 1 aromatic carbocycles. The average molecular weight is 244 g/mol. The Labute approximate surface area is 106 Å². The monoisotopic (exact) mass is 244 g/mol. The van der Waals surface area contributed by atoms with Gasteiger partial charge in [-0.05, 0) is 24.1 Å². The Hall–Kier alpha value is -2.10. The van der Waals surface area contributed by atoms with E-state index in [0.29, 0.717) is 5.69 Å². The number of benzene rings is 1. The van der Waals surface area contributed by atoms with Crippen LogP contribution in [-0.2, 0) is 13.5 Å². The zero-order valence-corrected chi connectivity index (χ0v) is 10.8. The minimum Gasteiger partial charge on any atom is -0.496 e. The molecule has 0 amide bonds. The molecule has 18 heavy (non-hydrogen) atoms. The number of nitrogens with zero attached hydrogens (tertiary/aromatic N) is 2. The molecule has 0 N–H and O–H groups in total. The number of aromatic nitrogens is 2. The van der Waals surface area contributed by atoms with Gasteiger partial charge in [0.05, 0.1) is 19.1 Å². The van der Waals surface area contributed by atoms with E-state index in [4.69, 9.17) is 4.74 Å². The Morgan fingerprint density at radius 1 is 1.44 bits per heavy atom. The second kappa shape index (κ2) is 5.04. The number of aldehydes is 1. The van der Waals surface area contributed by atoms with Crippen molar-refractivity contribution in [1.29, 1.82) is 0 Å². The molecule has 1 aromatic heterocycles. The van der Waals surface area contributed by atoms with Crippen LogP contribution >= 0.6 is 0 Å². The van der Waals surface area contributed by atoms with Crippen molar-refractivity contribution in [1.82, 2.24) is 9.55 Å². The Morgan fingerprint density at radius 3 is 2.83 bits per heavy atom. The molecule has 0 aliphatic rings. The number of carbonyl (C=O) groups excluding carboxylic acids is 1. The maximum Gasteiger partial charge on any atom is 0.170 e. The summed E-state index contributed by atoms with van der Waals surface area (Å²) in [6.07, 6.45) is 3.34. The smallest absolute Gasteiger partial charge is 0.170 e. The van der Waals surface area contributed by atoms with Gasteiger partial charge in [-0.25, -0.2) is 4.98 Å². The molecule has 94 valence electrons. The third-order valence-electron chi connectivity index (χ3n) is 3.00. The fourth-order valence-corrected chi connectivity index (χ4v) is 2.02. The van der Waals surface area contributed by atoms with E-state index in [1.54, 1.807) is 13.4 Å². The number of ether oxygens (including phenoxy) is 1. The van der Waals surface area contributed by atoms with Crippen LogP contribution in [0, 0.1) is 0 Å². The van der Waals surface area contributed by atoms with Crippen LogP contribution in [0.2, 0.25) is 0 Å². The lowest BCUT2D eigenvalue weighted by Crippen LogP contribution is -1.97. The first-order valence-corrected chi connectivity index (χ1v) is 5.85. The highest BCUT2D eigenvalue weighted by Gasteiger charge is 2.15. The van der Waals surface area contributed by atoms with Gasteiger partial charge in [-0.2, -0.15) is 0 Å². The minimum absolute atomic E-state index is 0.434. The van der Waals surface area contributed by atoms with E-state index < -0.39 is 0 Å². The van der Waals surface area contributed by atoms with Crippen molar-refractivity contribution in [2.24, 2.45) is 7.05 Å². The molecule has 0 atom stereocenters. The summed E-state index contributed by atoms with van der Waals surface area (Å²) in [7, 11) is 3.49. The molecule has 0 fully saturated rings. The summed E-state index contributed by atoms with van der Waals surface area (Å²) < 4.78 is 7.20. The highest BCUT2D eigenvalue weighted by molar-refractivity contribution is 5.85. The molecule has 0 unspecified atom stereocenters. The van der Waals surface area contributed by atoms with Crippen LogP contribution < -0.4 is 4.74 Å². The van der Waals surface area contributed by atoms with E-state index in [1.165, 1.54) is 5.56 Å². The largest absolute Gasteiger partial charge is 0.496 e. The van der Waals surface area contributed by atoms with E-state index >= 15 is 0 Å². The van der Waals surface area contributed by atoms with E-state index in [2.05, 4.69) is 11.9 Å². The van der Waals surface area contributed by atoms with Crippen molar-refractivity contribution >= 4 is 6.29 Å². The van der Waals surface area contributed by atoms with Gasteiger partial charge in [-0.15, -0.1) is 0 Å². The van der Waals surface area contributed by atoms with Crippen molar-refractivity contribution in [3.8, 4) is 17.0 Å². The second-order valence-corrected chi connectivity index (χ2v) is 4.10. The highest BCUT2D eigenvalue weighted by atomic mass is 16.5. The van der Waals surface area contributed by atoms with Crippen molar-refractivity contribution in [3.05, 3.63) is 35.8 Å². The lowest BCUT2D eigenvalue weighted by Gasteiger charge is -2.11. The third-order valence-corrected chi connectivity index (χ3v) is 3.00. The standard InChI is InChI=1S/C14H16N2O2/c1-4-10-5-6-13(18-3)11(7-10)14-12(8-17)15-9-16(14)2/h5-9H,4H2,1-3H3. The maximum atomic E-state index is 11.1. The summed E-state index contributed by atoms with van der Waals surface area (Å²) >= 11 is 0. The van der Waals surface area contributed by atoms with E-state index in [-0.39, 0.29) is 0 Å². The SMILES string of the molecule is CCc1ccc(OC)c(-c2c(C=O)ncn2C)c1. The number of carbonyl (C=O) groups is 1. The molecule has 0 bridgehead atoms. The van der Waals surface area contributed by atoms with Crippen LogP contribution in [0.3, 0.4) is 0 Å². The highest BCUT2D eigenvalue weighted by Crippen LogP contribution is 2.32. The van der Waals surface area contributed by atoms with Gasteiger partial charge in [0.25, 0.3) is 0 Å². The number of aryl methyl sites for hydroxylation is 2. The van der Waals surface area contributed by atoms with Crippen LogP contribution in [0.4, 0.5) is 0 Å². The van der Waals surface area contributed by atoms with Gasteiger partial charge in [0, 0.05) is 12.6 Å². The predicted octanol–water partition coefficient (Wildman–Crippen LogP) is 2.47. The van der Waals surface area contributed by atoms with Gasteiger partial charge in [0.1, 0.15) is 11.4 Å². The quantitative estimate of drug-likeness (QED) is 0.776. The summed E-state index contributed by atoms with van der Waals surface area (Å²) in [5.41, 5.74) is 3.32. The summed E-state index contributed by atoms with van der Waals surface area (Å²) in [5.74, 6) is 0.749. The van der Waals surface area contributed by atoms with Crippen LogP contribution in [0.1, 0.15) is 23.0 Å². The van der Waals surface area contributed by atoms with Gasteiger partial charge in [0.2, 0.25) is 0 Å². The van der Waals surface area contributed by atoms with Crippen LogP contribution in [-0.4, -0.2) is 22.9 Å². The fraction of sp³-hybridized carbons (Fsp3) is 0.286. The minimum atomic E-state index is 0.434. The first-order chi connectivity index (χ1) is 8.71. The Bertz CT molecular complexity index is 573. The maximum absolute atomic E-state index is 11.1. The molecule has 4 nitrogen and oxygen atoms in total. The number of hydrogen-bond acceptors (Lipinski definition) is 3. The predicted molar refractivity (Wildman–Crippen MR) is 70.0 cm³/mol. The molecular formula is C14H16N2O2. The van der Waals surface area contributed by atoms with E-state index in [9.17, 15) is 4.79 Å². The summed E-state index contributed by atoms with van der Waals surface area (Å²) in [4.78, 5) is 15.1. The van der Waals surface area contributed by atoms with Crippen molar-refractivity contribution in [2.45, 2.75) is 13.3 Å². The van der Waals surface area contributed by atoms with Crippen LogP contribution in [0.25, 0.3) is 11.3 Å². The first-order valence-electron chi connectivity index (χ1n) is 5.85. The third kappa shape index (κ3) is 2.01. The molecule has 0 saturated carbocycles. The van der Waals surface area contributed by atoms with Crippen LogP contribution in [0.5, 0.6) is 5.75 Å². The van der Waals surface area contributed by atoms with Crippen molar-refractivity contribution < 1.29 is 9.53 Å². The Kier molecular flexibility index (Phi) is 3.46. The van der Waals surface area contributed by atoms with Crippen LogP contribution in [0.15, 0.2) is 24.5 Å². The van der Waals surface area contributed by atoms with Gasteiger partial charge >= 0.3 is 0 Å². The molecule has 1 heterocycles. The Morgan fingerprint density at radius 2 is 2.22 bits per heavy atom. The van der Waals surface area contributed by atoms with Crippen molar-refractivity contribution in [2.75, 3.05) is 7.11 Å². The van der Waals surface area contributed by atoms with Crippen molar-refractivity contribution in [3.63, 3.8) is 0 Å². The molecule has 2 aromatic rings. The molecule has 0 saturated heterocycles. The lowest BCUT2D eigenvalue weighted by atomic mass is 10.0. The molecule has 0 radical (unpaired) electrons. The normalized spacial score (nSPS) is 10.4. The number of methoxy groups -OCH3 is 1. The molecule has 4 heteroatoms. The van der Waals surface area contributed by atoms with E-state index in [1.807, 2.05) is 29.8 Å². The average Bonchev–Trinajstić information content (AvgIpc) is 2.78. The van der Waals surface area contributed by atoms with E-state index in [0.717, 1.165) is 29.7 Å². The first kappa shape index (κ1) is 12.4. The zero-order chi connectivity index (χ0) is 13.1. The lowest BCUT2D eigenvalue weighted by molar-refractivity contribution is 0.112. The van der Waals surface area contributed by atoms with Gasteiger partial charge in [0.15, 0.2) is 6.29 Å². The van der Waals surface area contributed by atoms with Gasteiger partial charge < -0.3 is 9.30 Å². The fourth-order valence-electron chi connectivity index (χ4n) is 2.02.